The van der Waals surface area contributed by atoms with E-state index in [-0.39, 0.29) is 53.0 Å². The molecule has 5 rings (SSSR count). The van der Waals surface area contributed by atoms with Gasteiger partial charge in [0.15, 0.2) is 11.6 Å². The fourth-order valence-corrected chi connectivity index (χ4v) is 6.95. The maximum absolute atomic E-state index is 12.5. The Morgan fingerprint density at radius 3 is 2.92 bits per heavy atom. The number of epoxide rings is 1. The van der Waals surface area contributed by atoms with Gasteiger partial charge >= 0.3 is 0 Å². The zero-order valence-corrected chi connectivity index (χ0v) is 15.4. The monoisotopic (exact) mass is 358 g/mol. The number of allylic oxidation sites excluding steroid dienone is 2. The zero-order chi connectivity index (χ0) is 18.3. The number of aliphatic hydroxyl groups is 1. The molecule has 0 amide bonds. The average molecular weight is 358 g/mol. The van der Waals surface area contributed by atoms with Crippen molar-refractivity contribution in [1.82, 2.24) is 0 Å². The topological polar surface area (TPSA) is 76.1 Å². The lowest BCUT2D eigenvalue weighted by Gasteiger charge is -2.53. The van der Waals surface area contributed by atoms with Crippen LogP contribution in [-0.4, -0.2) is 47.7 Å². The van der Waals surface area contributed by atoms with E-state index in [4.69, 9.17) is 9.47 Å². The molecule has 5 nitrogen and oxygen atoms in total. The van der Waals surface area contributed by atoms with Crippen molar-refractivity contribution in [2.24, 2.45) is 23.2 Å². The van der Waals surface area contributed by atoms with E-state index in [0.29, 0.717) is 6.42 Å². The van der Waals surface area contributed by atoms with Crippen molar-refractivity contribution >= 4 is 11.6 Å². The molecule has 4 fully saturated rings. The summed E-state index contributed by atoms with van der Waals surface area (Å²) >= 11 is 0. The highest BCUT2D eigenvalue weighted by Gasteiger charge is 2.79. The van der Waals surface area contributed by atoms with Crippen LogP contribution in [0.1, 0.15) is 39.0 Å². The van der Waals surface area contributed by atoms with Crippen molar-refractivity contribution in [3.8, 4) is 0 Å². The molecule has 5 unspecified atom stereocenters. The Bertz CT molecular complexity index is 754. The highest BCUT2D eigenvalue weighted by molar-refractivity contribution is 6.01. The molecule has 4 aliphatic carbocycles. The molecule has 1 saturated heterocycles. The minimum atomic E-state index is -0.975. The molecular weight excluding hydrogens is 332 g/mol. The van der Waals surface area contributed by atoms with Gasteiger partial charge in [0.05, 0.1) is 11.7 Å². The Morgan fingerprint density at radius 2 is 2.15 bits per heavy atom. The van der Waals surface area contributed by atoms with Crippen LogP contribution in [0.3, 0.4) is 0 Å². The van der Waals surface area contributed by atoms with Crippen LogP contribution in [0.15, 0.2) is 23.8 Å². The van der Waals surface area contributed by atoms with Crippen molar-refractivity contribution in [2.75, 3.05) is 13.7 Å². The van der Waals surface area contributed by atoms with Crippen LogP contribution in [0.25, 0.3) is 0 Å². The third kappa shape index (κ3) is 1.82. The molecule has 0 aromatic rings. The second kappa shape index (κ2) is 5.15. The van der Waals surface area contributed by atoms with Gasteiger partial charge in [-0.3, -0.25) is 9.59 Å². The van der Waals surface area contributed by atoms with Crippen LogP contribution in [0, 0.1) is 23.2 Å². The number of hydrogen-bond donors (Lipinski definition) is 1. The molecule has 0 radical (unpaired) electrons. The second-order valence-electron chi connectivity index (χ2n) is 8.98. The summed E-state index contributed by atoms with van der Waals surface area (Å²) in [5.74, 6) is 0.0327. The third-order valence-electron chi connectivity index (χ3n) is 8.10. The molecule has 7 atom stereocenters. The Balaban J connectivity index is 1.52. The standard InChI is InChI=1S/C21H26O5/c1-19-8-7-13(22)9-12(19)3-4-15-14-5-6-16(17(23)11-25-2)20(14,24)10-18-21(15,19)26-18/h7-9,14-16,18,24H,3-6,10-11H2,1-2H3/t14?,15-,16?,18?,19?,20?,21-/m0/s1. The van der Waals surface area contributed by atoms with E-state index in [0.717, 1.165) is 25.7 Å². The molecule has 26 heavy (non-hydrogen) atoms. The predicted octanol–water partition coefficient (Wildman–Crippen LogP) is 1.98. The number of methoxy groups -OCH3 is 1. The van der Waals surface area contributed by atoms with Crippen LogP contribution in [0.4, 0.5) is 0 Å². The summed E-state index contributed by atoms with van der Waals surface area (Å²) in [5, 5.41) is 11.6. The van der Waals surface area contributed by atoms with Crippen molar-refractivity contribution in [2.45, 2.75) is 56.3 Å². The number of carbonyl (C=O) groups excluding carboxylic acids is 2. The maximum atomic E-state index is 12.5. The summed E-state index contributed by atoms with van der Waals surface area (Å²) in [7, 11) is 1.52. The average Bonchev–Trinajstić information content (AvgIpc) is 3.20. The van der Waals surface area contributed by atoms with Gasteiger partial charge in [-0.15, -0.1) is 0 Å². The van der Waals surface area contributed by atoms with Gasteiger partial charge in [-0.2, -0.15) is 0 Å². The van der Waals surface area contributed by atoms with Crippen LogP contribution in [0.2, 0.25) is 0 Å². The number of carbonyl (C=O) groups is 2. The Hall–Kier alpha value is -1.30. The summed E-state index contributed by atoms with van der Waals surface area (Å²) < 4.78 is 11.4. The fraction of sp³-hybridized carbons (Fsp3) is 0.714. The lowest BCUT2D eigenvalue weighted by molar-refractivity contribution is -0.143. The summed E-state index contributed by atoms with van der Waals surface area (Å²) in [6.45, 7) is 2.25. The van der Waals surface area contributed by atoms with Gasteiger partial charge in [-0.25, -0.2) is 0 Å². The van der Waals surface area contributed by atoms with Crippen LogP contribution in [0.5, 0.6) is 0 Å². The normalized spacial score (nSPS) is 51.0. The second-order valence-corrected chi connectivity index (χ2v) is 8.98. The summed E-state index contributed by atoms with van der Waals surface area (Å²) in [6, 6.07) is 0. The van der Waals surface area contributed by atoms with E-state index in [1.165, 1.54) is 12.7 Å². The van der Waals surface area contributed by atoms with Crippen LogP contribution < -0.4 is 0 Å². The molecule has 3 saturated carbocycles. The minimum absolute atomic E-state index is 0.0106. The molecule has 0 aromatic heterocycles. The van der Waals surface area contributed by atoms with Crippen molar-refractivity contribution in [3.05, 3.63) is 23.8 Å². The number of ether oxygens (including phenoxy) is 2. The molecule has 140 valence electrons. The molecule has 1 heterocycles. The summed E-state index contributed by atoms with van der Waals surface area (Å²) in [5.41, 5.74) is -0.398. The Morgan fingerprint density at radius 1 is 1.35 bits per heavy atom. The number of ketones is 2. The first-order valence-electron chi connectivity index (χ1n) is 9.73. The maximum Gasteiger partial charge on any atom is 0.178 e. The molecule has 0 aromatic carbocycles. The number of Topliss-reactive ketones (excluding diaryl/α,β-unsaturated/α-hetero) is 1. The van der Waals surface area contributed by atoms with E-state index in [1.54, 1.807) is 12.2 Å². The van der Waals surface area contributed by atoms with Crippen molar-refractivity contribution in [1.29, 1.82) is 0 Å². The van der Waals surface area contributed by atoms with Gasteiger partial charge in [0.25, 0.3) is 0 Å². The highest BCUT2D eigenvalue weighted by atomic mass is 16.6. The van der Waals surface area contributed by atoms with Crippen LogP contribution in [-0.2, 0) is 19.1 Å². The molecular formula is C21H26O5. The lowest BCUT2D eigenvalue weighted by Crippen LogP contribution is -2.60. The summed E-state index contributed by atoms with van der Waals surface area (Å²) in [4.78, 5) is 24.4. The van der Waals surface area contributed by atoms with Crippen molar-refractivity contribution in [3.63, 3.8) is 0 Å². The van der Waals surface area contributed by atoms with Gasteiger partial charge in [-0.1, -0.05) is 11.6 Å². The number of fused-ring (bicyclic) bond motifs is 3. The van der Waals surface area contributed by atoms with E-state index in [2.05, 4.69) is 6.92 Å². The van der Waals surface area contributed by atoms with Gasteiger partial charge in [-0.05, 0) is 56.6 Å². The molecule has 0 bridgehead atoms. The van der Waals surface area contributed by atoms with Gasteiger partial charge in [0, 0.05) is 24.9 Å². The van der Waals surface area contributed by atoms with E-state index in [9.17, 15) is 14.7 Å². The predicted molar refractivity (Wildman–Crippen MR) is 93.3 cm³/mol. The minimum Gasteiger partial charge on any atom is -0.389 e. The van der Waals surface area contributed by atoms with E-state index >= 15 is 0 Å². The number of hydrogen-bond acceptors (Lipinski definition) is 5. The summed E-state index contributed by atoms with van der Waals surface area (Å²) in [6.07, 6.45) is 9.31. The van der Waals surface area contributed by atoms with Gasteiger partial charge in [0.2, 0.25) is 0 Å². The fourth-order valence-electron chi connectivity index (χ4n) is 6.95. The molecule has 1 spiro atoms. The first-order chi connectivity index (χ1) is 12.4. The quantitative estimate of drug-likeness (QED) is 0.781. The highest BCUT2D eigenvalue weighted by Crippen LogP contribution is 2.73. The molecule has 1 N–H and O–H groups in total. The zero-order valence-electron chi connectivity index (χ0n) is 15.4. The first-order valence-corrected chi connectivity index (χ1v) is 9.73. The number of rotatable bonds is 3. The first kappa shape index (κ1) is 16.8. The SMILES string of the molecule is COCC(=O)C1CCC2[C@@H]3CCC4=CC(=O)C=CC4(C)[C@]34OC4CC12O. The van der Waals surface area contributed by atoms with Crippen LogP contribution >= 0.6 is 0 Å². The largest absolute Gasteiger partial charge is 0.389 e. The van der Waals surface area contributed by atoms with Gasteiger partial charge in [0.1, 0.15) is 12.2 Å². The molecule has 1 aliphatic heterocycles. The Labute approximate surface area is 153 Å². The van der Waals surface area contributed by atoms with Gasteiger partial charge < -0.3 is 14.6 Å². The smallest absolute Gasteiger partial charge is 0.178 e. The van der Waals surface area contributed by atoms with E-state index in [1.807, 2.05) is 6.08 Å². The lowest BCUT2D eigenvalue weighted by atomic mass is 9.49. The molecule has 5 heteroatoms. The van der Waals surface area contributed by atoms with Crippen molar-refractivity contribution < 1.29 is 24.2 Å². The molecule has 5 aliphatic rings. The van der Waals surface area contributed by atoms with E-state index < -0.39 is 5.60 Å². The Kier molecular flexibility index (Phi) is 3.34. The third-order valence-corrected chi connectivity index (χ3v) is 8.10.